The second-order valence-electron chi connectivity index (χ2n) is 4.16. The highest BCUT2D eigenvalue weighted by molar-refractivity contribution is 8.11. The zero-order valence-electron chi connectivity index (χ0n) is 10.4. The largest absolute Gasteiger partial charge is 0.504 e. The monoisotopic (exact) mass is 360 g/mol. The number of halogens is 6. The lowest BCUT2D eigenvalue weighted by atomic mass is 10.2. The first-order valence-corrected chi connectivity index (χ1v) is 7.68. The summed E-state index contributed by atoms with van der Waals surface area (Å²) in [4.78, 5) is 10.7. The molecule has 1 aromatic carbocycles. The molecule has 1 heterocycles. The van der Waals surface area contributed by atoms with E-state index in [1.165, 1.54) is 0 Å². The van der Waals surface area contributed by atoms with Gasteiger partial charge in [-0.25, -0.2) is 0 Å². The minimum absolute atomic E-state index is 0.0160. The molecule has 2 nitrogen and oxygen atoms in total. The highest BCUT2D eigenvalue weighted by Crippen LogP contribution is 2.42. The smallest absolute Gasteiger partial charge is 0.446 e. The van der Waals surface area contributed by atoms with Crippen molar-refractivity contribution in [1.29, 1.82) is 0 Å². The van der Waals surface area contributed by atoms with Crippen LogP contribution in [0.1, 0.15) is 5.56 Å². The molecule has 0 N–H and O–H groups in total. The molecule has 10 heteroatoms. The first kappa shape index (κ1) is 17.1. The maximum Gasteiger partial charge on any atom is 0.446 e. The number of hydrogen-bond donors (Lipinski definition) is 0. The van der Waals surface area contributed by atoms with Gasteiger partial charge in [-0.1, -0.05) is 0 Å². The molecular formula is C12H6F6O2S2. The molecule has 0 bridgehead atoms. The van der Waals surface area contributed by atoms with Gasteiger partial charge in [0.25, 0.3) is 5.30 Å². The standard InChI is InChI=1S/C12H6F6O2S2/c13-11(14,15)9-4-1-6-5-7(21-12(16,17)18)2-3-8(6)22(9)10(19)20/h1-5,9H. The topological polar surface area (TPSA) is 40.1 Å². The van der Waals surface area contributed by atoms with E-state index in [-0.39, 0.29) is 15.4 Å². The van der Waals surface area contributed by atoms with Gasteiger partial charge in [-0.15, -0.1) is 0 Å². The molecule has 2 rings (SSSR count). The molecule has 0 amide bonds. The van der Waals surface area contributed by atoms with Crippen molar-refractivity contribution < 1.29 is 36.2 Å². The number of carbonyl (C=O) groups is 1. The Bertz CT molecular complexity index is 623. The summed E-state index contributed by atoms with van der Waals surface area (Å²) >= 11 is -0.427. The summed E-state index contributed by atoms with van der Waals surface area (Å²) in [7, 11) is -2.31. The quantitative estimate of drug-likeness (QED) is 0.437. The number of rotatable bonds is 1. The highest BCUT2D eigenvalue weighted by atomic mass is 32.2. The van der Waals surface area contributed by atoms with Crippen LogP contribution in [0.3, 0.4) is 0 Å². The van der Waals surface area contributed by atoms with Crippen molar-refractivity contribution in [2.45, 2.75) is 26.7 Å². The fourth-order valence-corrected chi connectivity index (χ4v) is 4.25. The molecule has 0 radical (unpaired) electrons. The Hall–Kier alpha value is -1.29. The van der Waals surface area contributed by atoms with Gasteiger partial charge in [0.2, 0.25) is 5.25 Å². The Kier molecular flexibility index (Phi) is 4.44. The van der Waals surface area contributed by atoms with Crippen LogP contribution in [0.4, 0.5) is 31.1 Å². The van der Waals surface area contributed by atoms with Crippen LogP contribution in [-0.4, -0.2) is 22.2 Å². The highest BCUT2D eigenvalue weighted by Gasteiger charge is 2.54. The fourth-order valence-electron chi connectivity index (χ4n) is 1.90. The number of carboxylic acid groups (broad SMARTS) is 1. The molecule has 2 unspecified atom stereocenters. The van der Waals surface area contributed by atoms with E-state index in [2.05, 4.69) is 0 Å². The van der Waals surface area contributed by atoms with Crippen molar-refractivity contribution in [3.05, 3.63) is 29.8 Å². The summed E-state index contributed by atoms with van der Waals surface area (Å²) in [6.07, 6.45) is -3.15. The average Bonchev–Trinajstić information content (AvgIpc) is 2.33. The minimum atomic E-state index is -4.78. The second-order valence-corrected chi connectivity index (χ2v) is 7.25. The van der Waals surface area contributed by atoms with Crippen LogP contribution >= 0.6 is 11.8 Å². The molecule has 0 saturated heterocycles. The van der Waals surface area contributed by atoms with Crippen LogP contribution in [0.25, 0.3) is 6.08 Å². The van der Waals surface area contributed by atoms with Gasteiger partial charge < -0.3 is 9.90 Å². The molecule has 0 aliphatic carbocycles. The van der Waals surface area contributed by atoms with E-state index in [9.17, 15) is 36.2 Å². The van der Waals surface area contributed by atoms with Gasteiger partial charge in [-0.3, -0.25) is 0 Å². The molecule has 1 aromatic rings. The van der Waals surface area contributed by atoms with Gasteiger partial charge in [0.05, 0.1) is 10.9 Å². The van der Waals surface area contributed by atoms with Crippen LogP contribution in [0.5, 0.6) is 0 Å². The Morgan fingerprint density at radius 2 is 1.82 bits per heavy atom. The molecule has 0 spiro atoms. The Morgan fingerprint density at radius 3 is 2.32 bits per heavy atom. The maximum absolute atomic E-state index is 12.9. The number of alkyl halides is 6. The molecule has 1 aliphatic heterocycles. The summed E-state index contributed by atoms with van der Waals surface area (Å²) in [5, 5.41) is 6.93. The van der Waals surface area contributed by atoms with Crippen LogP contribution in [0, 0.1) is 0 Å². The maximum atomic E-state index is 12.9. The first-order valence-electron chi connectivity index (χ1n) is 5.58. The van der Waals surface area contributed by atoms with E-state index < -0.39 is 44.9 Å². The summed E-state index contributed by atoms with van der Waals surface area (Å²) < 4.78 is 75.4. The van der Waals surface area contributed by atoms with E-state index in [0.29, 0.717) is 6.08 Å². The Balaban J connectivity index is 2.44. The Labute approximate surface area is 127 Å². The van der Waals surface area contributed by atoms with Crippen LogP contribution in [-0.2, 0) is 10.9 Å². The van der Waals surface area contributed by atoms with Gasteiger partial charge in [0.15, 0.2) is 4.90 Å². The molecule has 0 aromatic heterocycles. The zero-order chi connectivity index (χ0) is 16.7. The number of carbonyl (C=O) groups excluding carboxylic acids is 1. The van der Waals surface area contributed by atoms with Crippen LogP contribution < -0.4 is 5.11 Å². The van der Waals surface area contributed by atoms with Crippen molar-refractivity contribution in [3.63, 3.8) is 0 Å². The third kappa shape index (κ3) is 3.72. The number of benzene rings is 1. The van der Waals surface area contributed by atoms with Gasteiger partial charge in [0.1, 0.15) is 0 Å². The zero-order valence-corrected chi connectivity index (χ0v) is 12.0. The van der Waals surface area contributed by atoms with Crippen LogP contribution in [0.2, 0.25) is 0 Å². The lowest BCUT2D eigenvalue weighted by molar-refractivity contribution is -0.233. The van der Waals surface area contributed by atoms with E-state index >= 15 is 0 Å². The average molecular weight is 360 g/mol. The van der Waals surface area contributed by atoms with Crippen molar-refractivity contribution in [1.82, 2.24) is 0 Å². The molecule has 1 aliphatic rings. The normalized spacial score (nSPS) is 21.5. The molecule has 0 saturated carbocycles. The van der Waals surface area contributed by atoms with E-state index in [4.69, 9.17) is 0 Å². The van der Waals surface area contributed by atoms with Gasteiger partial charge >= 0.3 is 11.7 Å². The van der Waals surface area contributed by atoms with Crippen LogP contribution in [0.15, 0.2) is 34.1 Å². The van der Waals surface area contributed by atoms with Gasteiger partial charge in [-0.2, -0.15) is 26.3 Å². The fraction of sp³-hybridized carbons (Fsp3) is 0.250. The number of thioether (sulfide) groups is 1. The summed E-state index contributed by atoms with van der Waals surface area (Å²) in [6, 6.07) is 2.94. The third-order valence-corrected chi connectivity index (χ3v) is 5.52. The van der Waals surface area contributed by atoms with Crippen molar-refractivity contribution in [2.75, 3.05) is 0 Å². The van der Waals surface area contributed by atoms with E-state index in [1.54, 1.807) is 0 Å². The molecule has 120 valence electrons. The third-order valence-electron chi connectivity index (χ3n) is 2.66. The lowest BCUT2D eigenvalue weighted by Gasteiger charge is -2.23. The predicted molar refractivity (Wildman–Crippen MR) is 68.3 cm³/mol. The molecule has 0 fully saturated rings. The van der Waals surface area contributed by atoms with E-state index in [0.717, 1.165) is 24.3 Å². The first-order chi connectivity index (χ1) is 9.99. The van der Waals surface area contributed by atoms with Gasteiger partial charge in [0, 0.05) is 10.5 Å². The predicted octanol–water partition coefficient (Wildman–Crippen LogP) is 3.58. The number of fused-ring (bicyclic) bond motifs is 1. The number of hydrogen-bond acceptors (Lipinski definition) is 3. The SMILES string of the molecule is O=C([O-])[S+]1c2ccc(SC(F)(F)F)cc2C=CC1C(F)(F)F. The lowest BCUT2D eigenvalue weighted by Crippen LogP contribution is -2.45. The molecule has 22 heavy (non-hydrogen) atoms. The molecule has 2 atom stereocenters. The summed E-state index contributed by atoms with van der Waals surface area (Å²) in [5.74, 6) is 0. The van der Waals surface area contributed by atoms with Crippen molar-refractivity contribution >= 4 is 34.0 Å². The van der Waals surface area contributed by atoms with Crippen molar-refractivity contribution in [3.8, 4) is 0 Å². The van der Waals surface area contributed by atoms with E-state index in [1.807, 2.05) is 0 Å². The van der Waals surface area contributed by atoms with Crippen molar-refractivity contribution in [2.24, 2.45) is 0 Å². The molecular weight excluding hydrogens is 354 g/mol. The second kappa shape index (κ2) is 5.73. The minimum Gasteiger partial charge on any atom is -0.504 e. The summed E-state index contributed by atoms with van der Waals surface area (Å²) in [6.45, 7) is 0. The Morgan fingerprint density at radius 1 is 1.18 bits per heavy atom. The summed E-state index contributed by atoms with van der Waals surface area (Å²) in [5.41, 5.74) is -4.53. The van der Waals surface area contributed by atoms with Gasteiger partial charge in [-0.05, 0) is 42.1 Å².